The lowest BCUT2D eigenvalue weighted by atomic mass is 10.1. The van der Waals surface area contributed by atoms with Gasteiger partial charge < -0.3 is 39.0 Å². The lowest BCUT2D eigenvalue weighted by Gasteiger charge is -2.42. The summed E-state index contributed by atoms with van der Waals surface area (Å²) < 4.78 is 34.0. The van der Waals surface area contributed by atoms with Crippen LogP contribution in [0.25, 0.3) is 10.9 Å². The molecular formula is C27H27FN4O6S. The second kappa shape index (κ2) is 9.60. The predicted octanol–water partition coefficient (Wildman–Crippen LogP) is 3.82. The van der Waals surface area contributed by atoms with Crippen LogP contribution in [0.1, 0.15) is 36.2 Å². The van der Waals surface area contributed by atoms with Crippen molar-refractivity contribution in [3.05, 3.63) is 52.1 Å². The summed E-state index contributed by atoms with van der Waals surface area (Å²) in [4.78, 5) is 28.6. The Balaban J connectivity index is 1.29. The SMILES string of the molecule is COc1c(N2CCN(C(=S)Nc3ccc4c(c3)OCO4)C(C)C2)c(F)cc2c(=O)c(C(=O)O)cn(C3CC3)c12. The van der Waals surface area contributed by atoms with Crippen LogP contribution in [0, 0.1) is 5.82 Å². The Hall–Kier alpha value is -4.06. The van der Waals surface area contributed by atoms with Crippen molar-refractivity contribution < 1.29 is 28.5 Å². The van der Waals surface area contributed by atoms with Gasteiger partial charge in [0.2, 0.25) is 12.2 Å². The van der Waals surface area contributed by atoms with Crippen LogP contribution in [0.3, 0.4) is 0 Å². The largest absolute Gasteiger partial charge is 0.492 e. The number of aromatic nitrogens is 1. The number of rotatable bonds is 5. The first-order chi connectivity index (χ1) is 18.8. The number of piperazine rings is 1. The number of hydrogen-bond donors (Lipinski definition) is 2. The van der Waals surface area contributed by atoms with E-state index in [-0.39, 0.29) is 41.3 Å². The van der Waals surface area contributed by atoms with Crippen LogP contribution in [0.15, 0.2) is 35.3 Å². The number of anilines is 2. The number of hydrogen-bond acceptors (Lipinski definition) is 7. The summed E-state index contributed by atoms with van der Waals surface area (Å²) in [6.07, 6.45) is 3.04. The molecule has 1 saturated carbocycles. The first-order valence-corrected chi connectivity index (χ1v) is 13.1. The summed E-state index contributed by atoms with van der Waals surface area (Å²) in [6, 6.07) is 6.63. The van der Waals surface area contributed by atoms with Crippen molar-refractivity contribution in [2.24, 2.45) is 0 Å². The second-order valence-electron chi connectivity index (χ2n) is 9.94. The zero-order chi connectivity index (χ0) is 27.4. The third kappa shape index (κ3) is 4.38. The van der Waals surface area contributed by atoms with Crippen molar-refractivity contribution in [2.75, 3.05) is 43.8 Å². The van der Waals surface area contributed by atoms with Crippen LogP contribution in [0.2, 0.25) is 0 Å². The molecular weight excluding hydrogens is 527 g/mol. The van der Waals surface area contributed by atoms with Crippen molar-refractivity contribution in [1.29, 1.82) is 0 Å². The number of methoxy groups -OCH3 is 1. The highest BCUT2D eigenvalue weighted by Gasteiger charge is 2.34. The van der Waals surface area contributed by atoms with Crippen molar-refractivity contribution in [3.63, 3.8) is 0 Å². The fourth-order valence-electron chi connectivity index (χ4n) is 5.36. The van der Waals surface area contributed by atoms with Crippen molar-refractivity contribution in [2.45, 2.75) is 31.8 Å². The van der Waals surface area contributed by atoms with Crippen LogP contribution < -0.4 is 29.9 Å². The smallest absolute Gasteiger partial charge is 0.341 e. The summed E-state index contributed by atoms with van der Waals surface area (Å²) in [7, 11) is 1.44. The highest BCUT2D eigenvalue weighted by atomic mass is 32.1. The molecule has 1 aromatic heterocycles. The minimum Gasteiger partial charge on any atom is -0.492 e. The average molecular weight is 555 g/mol. The van der Waals surface area contributed by atoms with Gasteiger partial charge in [-0.1, -0.05) is 0 Å². The van der Waals surface area contributed by atoms with E-state index in [1.807, 2.05) is 34.9 Å². The number of aromatic carboxylic acids is 1. The Labute approximate surface area is 228 Å². The van der Waals surface area contributed by atoms with Crippen LogP contribution in [0.5, 0.6) is 17.2 Å². The lowest BCUT2D eigenvalue weighted by Crippen LogP contribution is -2.55. The van der Waals surface area contributed by atoms with Gasteiger partial charge in [-0.05, 0) is 50.2 Å². The summed E-state index contributed by atoms with van der Waals surface area (Å²) in [5.74, 6) is -0.406. The van der Waals surface area contributed by atoms with Gasteiger partial charge in [-0.15, -0.1) is 0 Å². The molecule has 10 nitrogen and oxygen atoms in total. The molecule has 0 amide bonds. The number of fused-ring (bicyclic) bond motifs is 2. The molecule has 1 saturated heterocycles. The summed E-state index contributed by atoms with van der Waals surface area (Å²) in [5, 5.41) is 13.3. The standard InChI is InChI=1S/C27H27FN4O6S/c1-14-11-30(7-8-31(14)27(39)29-15-3-6-20-21(9-15)38-13-37-20)23-19(28)10-17-22(25(23)36-2)32(16-4-5-16)12-18(24(17)33)26(34)35/h3,6,9-10,12,14,16H,4-5,7-8,11,13H2,1-2H3,(H,29,39)(H,34,35). The number of thiocarbonyl (C=S) groups is 1. The van der Waals surface area contributed by atoms with Gasteiger partial charge in [0.1, 0.15) is 11.3 Å². The summed E-state index contributed by atoms with van der Waals surface area (Å²) >= 11 is 5.69. The molecule has 2 N–H and O–H groups in total. The first-order valence-electron chi connectivity index (χ1n) is 12.7. The van der Waals surface area contributed by atoms with Crippen molar-refractivity contribution in [3.8, 4) is 17.2 Å². The molecule has 2 aromatic carbocycles. The van der Waals surface area contributed by atoms with Gasteiger partial charge in [-0.2, -0.15) is 0 Å². The van der Waals surface area contributed by atoms with Crippen molar-refractivity contribution in [1.82, 2.24) is 9.47 Å². The molecule has 3 aliphatic rings. The molecule has 3 aromatic rings. The number of carbonyl (C=O) groups is 1. The molecule has 1 aliphatic carbocycles. The fraction of sp³-hybridized carbons (Fsp3) is 0.370. The third-order valence-electron chi connectivity index (χ3n) is 7.40. The molecule has 6 rings (SSSR count). The minimum absolute atomic E-state index is 0.000637. The molecule has 12 heteroatoms. The normalized spacial score (nSPS) is 18.4. The third-order valence-corrected chi connectivity index (χ3v) is 7.74. The number of ether oxygens (including phenoxy) is 3. The minimum atomic E-state index is -1.34. The topological polar surface area (TPSA) is 106 Å². The lowest BCUT2D eigenvalue weighted by molar-refractivity contribution is 0.0694. The zero-order valence-corrected chi connectivity index (χ0v) is 22.2. The van der Waals surface area contributed by atoms with E-state index in [2.05, 4.69) is 5.32 Å². The fourth-order valence-corrected chi connectivity index (χ4v) is 5.75. The predicted molar refractivity (Wildman–Crippen MR) is 147 cm³/mol. The maximum absolute atomic E-state index is 15.7. The highest BCUT2D eigenvalue weighted by molar-refractivity contribution is 7.80. The maximum atomic E-state index is 15.7. The van der Waals surface area contributed by atoms with Crippen LogP contribution >= 0.6 is 12.2 Å². The zero-order valence-electron chi connectivity index (χ0n) is 21.4. The van der Waals surface area contributed by atoms with E-state index >= 15 is 4.39 Å². The number of carboxylic acids is 1. The second-order valence-corrected chi connectivity index (χ2v) is 10.3. The Morgan fingerprint density at radius 1 is 1.21 bits per heavy atom. The van der Waals surface area contributed by atoms with E-state index in [1.54, 1.807) is 4.57 Å². The van der Waals surface area contributed by atoms with Gasteiger partial charge in [0.15, 0.2) is 28.2 Å². The van der Waals surface area contributed by atoms with Gasteiger partial charge in [0.05, 0.1) is 18.0 Å². The van der Waals surface area contributed by atoms with E-state index < -0.39 is 17.2 Å². The van der Waals surface area contributed by atoms with E-state index in [1.165, 1.54) is 13.3 Å². The summed E-state index contributed by atoms with van der Waals surface area (Å²) in [6.45, 7) is 3.61. The quantitative estimate of drug-likeness (QED) is 0.452. The number of benzene rings is 2. The Morgan fingerprint density at radius 2 is 1.97 bits per heavy atom. The molecule has 39 heavy (non-hydrogen) atoms. The van der Waals surface area contributed by atoms with Gasteiger partial charge in [0.25, 0.3) is 0 Å². The molecule has 1 atom stereocenters. The van der Waals surface area contributed by atoms with Crippen LogP contribution in [0.4, 0.5) is 15.8 Å². The van der Waals surface area contributed by atoms with Gasteiger partial charge in [-0.3, -0.25) is 4.79 Å². The number of nitrogens with one attached hydrogen (secondary N) is 1. The van der Waals surface area contributed by atoms with Crippen molar-refractivity contribution >= 4 is 45.6 Å². The Kier molecular flexibility index (Phi) is 6.21. The van der Waals surface area contributed by atoms with E-state index in [0.717, 1.165) is 24.6 Å². The molecule has 0 radical (unpaired) electrons. The Morgan fingerprint density at radius 3 is 2.67 bits per heavy atom. The molecule has 2 fully saturated rings. The highest BCUT2D eigenvalue weighted by Crippen LogP contribution is 2.44. The molecule has 204 valence electrons. The summed E-state index contributed by atoms with van der Waals surface area (Å²) in [5.41, 5.74) is 0.343. The molecule has 3 heterocycles. The average Bonchev–Trinajstić information content (AvgIpc) is 3.64. The molecule has 1 unspecified atom stereocenters. The number of nitrogens with zero attached hydrogens (tertiary/aromatic N) is 3. The van der Waals surface area contributed by atoms with Gasteiger partial charge in [0, 0.05) is 49.7 Å². The van der Waals surface area contributed by atoms with E-state index in [4.69, 9.17) is 26.4 Å². The Bertz CT molecular complexity index is 1570. The molecule has 2 aliphatic heterocycles. The molecule has 0 spiro atoms. The van der Waals surface area contributed by atoms with Gasteiger partial charge in [-0.25, -0.2) is 9.18 Å². The maximum Gasteiger partial charge on any atom is 0.341 e. The number of halogens is 1. The number of carboxylic acid groups (broad SMARTS) is 1. The van der Waals surface area contributed by atoms with Crippen LogP contribution in [-0.4, -0.2) is 65.2 Å². The number of pyridine rings is 1. The van der Waals surface area contributed by atoms with Crippen LogP contribution in [-0.2, 0) is 0 Å². The van der Waals surface area contributed by atoms with E-state index in [9.17, 15) is 14.7 Å². The van der Waals surface area contributed by atoms with Gasteiger partial charge >= 0.3 is 5.97 Å². The molecule has 0 bridgehead atoms. The first kappa shape index (κ1) is 25.2. The van der Waals surface area contributed by atoms with E-state index in [0.29, 0.717) is 41.8 Å². The monoisotopic (exact) mass is 554 g/mol.